The molecule has 2 aromatic rings. The van der Waals surface area contributed by atoms with Gasteiger partial charge in [0.25, 0.3) is 11.8 Å². The molecule has 36 heavy (non-hydrogen) atoms. The van der Waals surface area contributed by atoms with Gasteiger partial charge in [-0.2, -0.15) is 0 Å². The maximum atomic E-state index is 13.7. The number of hydrogen-bond acceptors (Lipinski definition) is 5. The lowest BCUT2D eigenvalue weighted by Gasteiger charge is -2.29. The van der Waals surface area contributed by atoms with Crippen LogP contribution < -0.4 is 15.4 Å². The van der Waals surface area contributed by atoms with E-state index in [1.807, 2.05) is 32.0 Å². The van der Waals surface area contributed by atoms with E-state index in [1.165, 1.54) is 4.90 Å². The Labute approximate surface area is 209 Å². The molecule has 3 fully saturated rings. The van der Waals surface area contributed by atoms with Crippen molar-refractivity contribution in [1.82, 2.24) is 20.4 Å². The molecular weight excluding hydrogens is 460 g/mol. The van der Waals surface area contributed by atoms with Crippen LogP contribution in [0.15, 0.2) is 42.5 Å². The summed E-state index contributed by atoms with van der Waals surface area (Å²) in [6, 6.07) is 10.2. The standard InChI is InChI=1S/C27H30N4O5/c1-15-4-5-16(2)20(12-15)24(32)28-18-13-22-25(33)29-21-10-11-30(23(21)27(35)31(22)14-18)26(34)17-6-8-19(36-3)9-7-17/h4-9,12,18,21-23H,10-11,13-14H2,1-3H3,(H,28,32)(H,29,33)/t18-,21-,22+,23+/m1/s1. The van der Waals surface area contributed by atoms with Crippen molar-refractivity contribution < 1.29 is 23.9 Å². The topological polar surface area (TPSA) is 108 Å². The number of benzene rings is 2. The lowest BCUT2D eigenvalue weighted by atomic mass is 10.0. The summed E-state index contributed by atoms with van der Waals surface area (Å²) in [5.41, 5.74) is 2.88. The molecule has 0 aliphatic carbocycles. The third-order valence-electron chi connectivity index (χ3n) is 7.44. The molecule has 188 valence electrons. The SMILES string of the molecule is COc1ccc(C(=O)N2CC[C@H]3NC(=O)[C@@H]4C[C@@H](NC(=O)c5cc(C)ccc5C)CN4C(=O)[C@H]32)cc1. The number of aryl methyl sites for hydroxylation is 2. The molecule has 3 aliphatic rings. The van der Waals surface area contributed by atoms with E-state index < -0.39 is 18.1 Å². The first-order valence-electron chi connectivity index (χ1n) is 12.2. The van der Waals surface area contributed by atoms with Crippen molar-refractivity contribution in [3.05, 3.63) is 64.7 Å². The van der Waals surface area contributed by atoms with Gasteiger partial charge in [-0.25, -0.2) is 0 Å². The average Bonchev–Trinajstić information content (AvgIpc) is 3.47. The number of likely N-dealkylation sites (tertiary alicyclic amines) is 1. The lowest BCUT2D eigenvalue weighted by Crippen LogP contribution is -2.52. The number of nitrogens with zero attached hydrogens (tertiary/aromatic N) is 2. The zero-order valence-corrected chi connectivity index (χ0v) is 20.6. The smallest absolute Gasteiger partial charge is 0.254 e. The van der Waals surface area contributed by atoms with Crippen LogP contribution in [0.4, 0.5) is 0 Å². The van der Waals surface area contributed by atoms with Crippen molar-refractivity contribution in [3.63, 3.8) is 0 Å². The third kappa shape index (κ3) is 4.19. The summed E-state index contributed by atoms with van der Waals surface area (Å²) >= 11 is 0. The number of carbonyl (C=O) groups excluding carboxylic acids is 4. The molecule has 0 bridgehead atoms. The Bertz CT molecular complexity index is 1230. The third-order valence-corrected chi connectivity index (χ3v) is 7.44. The average molecular weight is 491 g/mol. The van der Waals surface area contributed by atoms with E-state index in [4.69, 9.17) is 4.74 Å². The zero-order chi connectivity index (χ0) is 25.6. The largest absolute Gasteiger partial charge is 0.497 e. The maximum Gasteiger partial charge on any atom is 0.254 e. The van der Waals surface area contributed by atoms with Crippen LogP contribution in [0.1, 0.15) is 44.7 Å². The maximum absolute atomic E-state index is 13.7. The Hall–Kier alpha value is -3.88. The second-order valence-electron chi connectivity index (χ2n) is 9.81. The van der Waals surface area contributed by atoms with Crippen LogP contribution >= 0.6 is 0 Å². The molecule has 0 spiro atoms. The Morgan fingerprint density at radius 3 is 2.56 bits per heavy atom. The van der Waals surface area contributed by atoms with Gasteiger partial charge in [0.1, 0.15) is 17.8 Å². The van der Waals surface area contributed by atoms with Crippen LogP contribution in [0.5, 0.6) is 5.75 Å². The molecule has 4 atom stereocenters. The number of rotatable bonds is 4. The van der Waals surface area contributed by atoms with Gasteiger partial charge in [-0.1, -0.05) is 17.7 Å². The monoisotopic (exact) mass is 490 g/mol. The highest BCUT2D eigenvalue weighted by atomic mass is 16.5. The molecule has 4 amide bonds. The van der Waals surface area contributed by atoms with E-state index in [1.54, 1.807) is 36.3 Å². The molecule has 9 heteroatoms. The fourth-order valence-corrected chi connectivity index (χ4v) is 5.50. The van der Waals surface area contributed by atoms with Gasteiger partial charge in [-0.05, 0) is 62.6 Å². The normalized spacial score (nSPS) is 25.1. The number of carbonyl (C=O) groups is 4. The molecule has 3 saturated heterocycles. The van der Waals surface area contributed by atoms with E-state index in [2.05, 4.69) is 10.6 Å². The molecule has 9 nitrogen and oxygen atoms in total. The first kappa shape index (κ1) is 23.8. The summed E-state index contributed by atoms with van der Waals surface area (Å²) in [5.74, 6) is -0.339. The second kappa shape index (κ2) is 9.29. The van der Waals surface area contributed by atoms with E-state index in [0.717, 1.165) is 11.1 Å². The lowest BCUT2D eigenvalue weighted by molar-refractivity contribution is -0.138. The Kier molecular flexibility index (Phi) is 6.15. The highest BCUT2D eigenvalue weighted by molar-refractivity contribution is 6.01. The quantitative estimate of drug-likeness (QED) is 0.674. The second-order valence-corrected chi connectivity index (χ2v) is 9.81. The molecular formula is C27H30N4O5. The van der Waals surface area contributed by atoms with Crippen molar-refractivity contribution in [2.24, 2.45) is 0 Å². The molecule has 0 aromatic heterocycles. The van der Waals surface area contributed by atoms with Gasteiger partial charge in [0.15, 0.2) is 0 Å². The zero-order valence-electron chi connectivity index (χ0n) is 20.6. The van der Waals surface area contributed by atoms with Gasteiger partial charge in [0.05, 0.1) is 13.2 Å². The molecule has 3 heterocycles. The minimum atomic E-state index is -0.776. The van der Waals surface area contributed by atoms with Crippen LogP contribution in [0.2, 0.25) is 0 Å². The highest BCUT2D eigenvalue weighted by Gasteiger charge is 2.52. The van der Waals surface area contributed by atoms with Crippen molar-refractivity contribution in [2.45, 2.75) is 50.9 Å². The van der Waals surface area contributed by atoms with Gasteiger partial charge in [-0.15, -0.1) is 0 Å². The molecule has 3 aliphatic heterocycles. The van der Waals surface area contributed by atoms with Gasteiger partial charge in [0, 0.05) is 30.3 Å². The van der Waals surface area contributed by atoms with Crippen molar-refractivity contribution in [3.8, 4) is 5.75 Å². The van der Waals surface area contributed by atoms with Crippen LogP contribution in [0, 0.1) is 13.8 Å². The van der Waals surface area contributed by atoms with Crippen molar-refractivity contribution in [1.29, 1.82) is 0 Å². The van der Waals surface area contributed by atoms with Crippen molar-refractivity contribution >= 4 is 23.6 Å². The van der Waals surface area contributed by atoms with Gasteiger partial charge in [-0.3, -0.25) is 19.2 Å². The van der Waals surface area contributed by atoms with Crippen molar-refractivity contribution in [2.75, 3.05) is 20.2 Å². The molecule has 2 aromatic carbocycles. The van der Waals surface area contributed by atoms with Crippen LogP contribution in [-0.2, 0) is 9.59 Å². The molecule has 2 N–H and O–H groups in total. The highest BCUT2D eigenvalue weighted by Crippen LogP contribution is 2.30. The minimum Gasteiger partial charge on any atom is -0.497 e. The number of methoxy groups -OCH3 is 1. The molecule has 0 saturated carbocycles. The van der Waals surface area contributed by atoms with E-state index in [-0.39, 0.29) is 36.2 Å². The number of nitrogens with one attached hydrogen (secondary N) is 2. The Morgan fingerprint density at radius 2 is 1.83 bits per heavy atom. The van der Waals surface area contributed by atoms with Gasteiger partial charge >= 0.3 is 0 Å². The first-order valence-corrected chi connectivity index (χ1v) is 12.2. The van der Waals surface area contributed by atoms with Gasteiger partial charge < -0.3 is 25.2 Å². The number of fused-ring (bicyclic) bond motifs is 2. The van der Waals surface area contributed by atoms with E-state index in [0.29, 0.717) is 36.3 Å². The first-order chi connectivity index (χ1) is 17.3. The number of hydrogen-bond donors (Lipinski definition) is 2. The summed E-state index contributed by atoms with van der Waals surface area (Å²) in [4.78, 5) is 56.1. The fourth-order valence-electron chi connectivity index (χ4n) is 5.50. The summed E-state index contributed by atoms with van der Waals surface area (Å²) < 4.78 is 5.17. The van der Waals surface area contributed by atoms with E-state index in [9.17, 15) is 19.2 Å². The number of ether oxygens (including phenoxy) is 1. The number of amides is 4. The fraction of sp³-hybridized carbons (Fsp3) is 0.407. The summed E-state index contributed by atoms with van der Waals surface area (Å²) in [7, 11) is 1.55. The predicted molar refractivity (Wildman–Crippen MR) is 132 cm³/mol. The Balaban J connectivity index is 1.33. The summed E-state index contributed by atoms with van der Waals surface area (Å²) in [5, 5.41) is 6.00. The van der Waals surface area contributed by atoms with Gasteiger partial charge in [0.2, 0.25) is 11.8 Å². The molecule has 0 radical (unpaired) electrons. The summed E-state index contributed by atoms with van der Waals surface area (Å²) in [6.45, 7) is 4.40. The minimum absolute atomic E-state index is 0.221. The van der Waals surface area contributed by atoms with Crippen LogP contribution in [0.3, 0.4) is 0 Å². The predicted octanol–water partition coefficient (Wildman–Crippen LogP) is 1.42. The van der Waals surface area contributed by atoms with Crippen LogP contribution in [0.25, 0.3) is 0 Å². The molecule has 5 rings (SSSR count). The summed E-state index contributed by atoms with van der Waals surface area (Å²) in [6.07, 6.45) is 0.845. The van der Waals surface area contributed by atoms with Crippen LogP contribution in [-0.4, -0.2) is 77.8 Å². The Morgan fingerprint density at radius 1 is 1.08 bits per heavy atom. The molecule has 0 unspecified atom stereocenters. The van der Waals surface area contributed by atoms with E-state index >= 15 is 0 Å².